The summed E-state index contributed by atoms with van der Waals surface area (Å²) in [6, 6.07) is 9.82. The van der Waals surface area contributed by atoms with Crippen molar-refractivity contribution in [1.29, 1.82) is 0 Å². The molecule has 0 atom stereocenters. The van der Waals surface area contributed by atoms with Crippen LogP contribution in [0.15, 0.2) is 47.0 Å². The van der Waals surface area contributed by atoms with E-state index in [9.17, 15) is 9.59 Å². The van der Waals surface area contributed by atoms with Crippen LogP contribution in [0.25, 0.3) is 10.9 Å². The normalized spacial score (nSPS) is 10.8. The number of benzene rings is 2. The summed E-state index contributed by atoms with van der Waals surface area (Å²) in [6.45, 7) is 7.07. The first-order valence-electron chi connectivity index (χ1n) is 11.3. The molecule has 10 heteroatoms. The number of aryl methyl sites for hydroxylation is 4. The molecule has 0 bridgehead atoms. The molecule has 2 aromatic heterocycles. The number of hydrogen-bond acceptors (Lipinski definition) is 8. The van der Waals surface area contributed by atoms with Gasteiger partial charge < -0.3 is 18.6 Å². The Labute approximate surface area is 219 Å². The van der Waals surface area contributed by atoms with Gasteiger partial charge in [0.25, 0.3) is 5.91 Å². The zero-order valence-electron chi connectivity index (χ0n) is 21.3. The van der Waals surface area contributed by atoms with Gasteiger partial charge in [0.2, 0.25) is 0 Å². The van der Waals surface area contributed by atoms with E-state index in [0.717, 1.165) is 15.3 Å². The fourth-order valence-corrected chi connectivity index (χ4v) is 4.22. The fraction of sp³-hybridized carbons (Fsp3) is 0.222. The van der Waals surface area contributed by atoms with E-state index < -0.39 is 11.9 Å². The van der Waals surface area contributed by atoms with Gasteiger partial charge in [-0.3, -0.25) is 15.1 Å². The second-order valence-electron chi connectivity index (χ2n) is 8.44. The number of imide groups is 1. The SMILES string of the molecule is COc1cc2nccc(Oc3cc(C)c(N(S)C(=O)NC(=O)c4cc(C)oc4C)cc3C)c2cc1OC. The molecule has 1 N–H and O–H groups in total. The third-order valence-corrected chi connectivity index (χ3v) is 6.24. The number of fused-ring (bicyclic) bond motifs is 1. The van der Waals surface area contributed by atoms with Gasteiger partial charge in [-0.25, -0.2) is 9.10 Å². The monoisotopic (exact) mass is 521 g/mol. The summed E-state index contributed by atoms with van der Waals surface area (Å²) in [5.74, 6) is 2.75. The lowest BCUT2D eigenvalue weighted by Gasteiger charge is -2.20. The predicted molar refractivity (Wildman–Crippen MR) is 143 cm³/mol. The summed E-state index contributed by atoms with van der Waals surface area (Å²) < 4.78 is 23.5. The molecule has 4 rings (SSSR count). The molecule has 0 unspecified atom stereocenters. The number of methoxy groups -OCH3 is 2. The Balaban J connectivity index is 1.59. The Kier molecular flexibility index (Phi) is 7.30. The molecule has 4 aromatic rings. The summed E-state index contributed by atoms with van der Waals surface area (Å²) in [4.78, 5) is 29.7. The molecule has 0 saturated heterocycles. The lowest BCUT2D eigenvalue weighted by atomic mass is 10.1. The summed E-state index contributed by atoms with van der Waals surface area (Å²) in [6.07, 6.45) is 1.65. The van der Waals surface area contributed by atoms with Crippen LogP contribution in [0.3, 0.4) is 0 Å². The Hall–Kier alpha value is -4.18. The van der Waals surface area contributed by atoms with E-state index in [2.05, 4.69) is 23.1 Å². The number of pyridine rings is 1. The van der Waals surface area contributed by atoms with Gasteiger partial charge in [-0.2, -0.15) is 0 Å². The molecular formula is C27H27N3O6S. The van der Waals surface area contributed by atoms with Crippen molar-refractivity contribution in [1.82, 2.24) is 10.3 Å². The predicted octanol–water partition coefficient (Wildman–Crippen LogP) is 6.07. The van der Waals surface area contributed by atoms with E-state index in [-0.39, 0.29) is 0 Å². The molecule has 0 aliphatic carbocycles. The first-order valence-corrected chi connectivity index (χ1v) is 11.7. The first kappa shape index (κ1) is 25.9. The number of carbonyl (C=O) groups is 2. The van der Waals surface area contributed by atoms with Crippen LogP contribution in [-0.4, -0.2) is 31.1 Å². The van der Waals surface area contributed by atoms with Crippen molar-refractivity contribution >= 4 is 41.3 Å². The fourth-order valence-electron chi connectivity index (χ4n) is 3.95. The average Bonchev–Trinajstić information content (AvgIpc) is 3.22. The third-order valence-electron chi connectivity index (χ3n) is 5.85. The maximum Gasteiger partial charge on any atom is 0.338 e. The van der Waals surface area contributed by atoms with Crippen LogP contribution in [0.5, 0.6) is 23.0 Å². The summed E-state index contributed by atoms with van der Waals surface area (Å²) >= 11 is 4.34. The Morgan fingerprint density at radius 3 is 2.27 bits per heavy atom. The largest absolute Gasteiger partial charge is 0.493 e. The van der Waals surface area contributed by atoms with Crippen molar-refractivity contribution in [2.24, 2.45) is 0 Å². The van der Waals surface area contributed by atoms with Crippen LogP contribution in [0.1, 0.15) is 33.0 Å². The van der Waals surface area contributed by atoms with Crippen LogP contribution >= 0.6 is 12.8 Å². The zero-order chi connectivity index (χ0) is 26.9. The van der Waals surface area contributed by atoms with Gasteiger partial charge >= 0.3 is 6.03 Å². The number of nitrogens with zero attached hydrogens (tertiary/aromatic N) is 2. The van der Waals surface area contributed by atoms with Crippen molar-refractivity contribution in [2.75, 3.05) is 18.5 Å². The summed E-state index contributed by atoms with van der Waals surface area (Å²) in [5, 5.41) is 3.09. The van der Waals surface area contributed by atoms with E-state index in [0.29, 0.717) is 56.8 Å². The first-order chi connectivity index (χ1) is 17.6. The molecule has 0 radical (unpaired) electrons. The highest BCUT2D eigenvalue weighted by Gasteiger charge is 2.22. The van der Waals surface area contributed by atoms with E-state index >= 15 is 0 Å². The Morgan fingerprint density at radius 2 is 1.62 bits per heavy atom. The molecule has 9 nitrogen and oxygen atoms in total. The quantitative estimate of drug-likeness (QED) is 0.297. The topological polar surface area (TPSA) is 103 Å². The molecule has 0 fully saturated rings. The Bertz CT molecular complexity index is 1510. The van der Waals surface area contributed by atoms with Crippen LogP contribution in [0.2, 0.25) is 0 Å². The molecule has 0 aliphatic rings. The molecule has 3 amide bonds. The smallest absolute Gasteiger partial charge is 0.338 e. The molecule has 2 aromatic carbocycles. The number of hydrogen-bond donors (Lipinski definition) is 2. The molecule has 0 aliphatic heterocycles. The number of thiol groups is 1. The summed E-state index contributed by atoms with van der Waals surface area (Å²) in [7, 11) is 3.13. The standard InChI is InChI=1S/C27H27N3O6S/c1-14-10-23(36-22-7-8-28-20-13-25(34-6)24(33-5)12-19(20)22)15(2)9-21(14)30(37)27(32)29-26(31)18-11-16(3)35-17(18)4/h7-13,37H,1-6H3,(H,29,31,32). The highest BCUT2D eigenvalue weighted by Crippen LogP contribution is 2.38. The molecule has 0 spiro atoms. The lowest BCUT2D eigenvalue weighted by molar-refractivity contribution is 0.0965. The number of ether oxygens (including phenoxy) is 3. The van der Waals surface area contributed by atoms with Crippen molar-refractivity contribution < 1.29 is 28.2 Å². The van der Waals surface area contributed by atoms with Gasteiger partial charge in [-0.05, 0) is 69.2 Å². The zero-order valence-corrected chi connectivity index (χ0v) is 22.2. The third kappa shape index (κ3) is 5.19. The second-order valence-corrected chi connectivity index (χ2v) is 8.84. The molecular weight excluding hydrogens is 494 g/mol. The van der Waals surface area contributed by atoms with Gasteiger partial charge in [0.1, 0.15) is 23.0 Å². The number of anilines is 1. The number of aromatic nitrogens is 1. The van der Waals surface area contributed by atoms with E-state index in [1.54, 1.807) is 64.6 Å². The van der Waals surface area contributed by atoms with Crippen LogP contribution < -0.4 is 23.8 Å². The van der Waals surface area contributed by atoms with E-state index in [1.165, 1.54) is 0 Å². The van der Waals surface area contributed by atoms with Gasteiger partial charge in [0.15, 0.2) is 11.5 Å². The number of nitrogens with one attached hydrogen (secondary N) is 1. The van der Waals surface area contributed by atoms with Crippen LogP contribution in [0.4, 0.5) is 10.5 Å². The highest BCUT2D eigenvalue weighted by atomic mass is 32.1. The molecule has 0 saturated carbocycles. The number of carbonyl (C=O) groups excluding carboxylic acids is 2. The van der Waals surface area contributed by atoms with Gasteiger partial charge in [-0.15, -0.1) is 0 Å². The minimum atomic E-state index is -0.691. The highest BCUT2D eigenvalue weighted by molar-refractivity contribution is 7.82. The van der Waals surface area contributed by atoms with Crippen molar-refractivity contribution in [2.45, 2.75) is 27.7 Å². The van der Waals surface area contributed by atoms with Crippen LogP contribution in [0, 0.1) is 27.7 Å². The lowest BCUT2D eigenvalue weighted by Crippen LogP contribution is -2.38. The second kappa shape index (κ2) is 10.4. The van der Waals surface area contributed by atoms with E-state index in [1.807, 2.05) is 19.9 Å². The number of urea groups is 1. The summed E-state index contributed by atoms with van der Waals surface area (Å²) in [5.41, 5.74) is 2.95. The van der Waals surface area contributed by atoms with Crippen molar-refractivity contribution in [3.05, 3.63) is 70.8 Å². The molecule has 192 valence electrons. The van der Waals surface area contributed by atoms with E-state index in [4.69, 9.17) is 18.6 Å². The van der Waals surface area contributed by atoms with Gasteiger partial charge in [0.05, 0.1) is 31.0 Å². The maximum atomic E-state index is 12.8. The minimum Gasteiger partial charge on any atom is -0.493 e. The Morgan fingerprint density at radius 1 is 0.919 bits per heavy atom. The average molecular weight is 522 g/mol. The minimum absolute atomic E-state index is 0.295. The number of amides is 3. The van der Waals surface area contributed by atoms with Gasteiger partial charge in [0, 0.05) is 17.6 Å². The van der Waals surface area contributed by atoms with Crippen LogP contribution in [-0.2, 0) is 0 Å². The van der Waals surface area contributed by atoms with Gasteiger partial charge in [-0.1, -0.05) is 12.8 Å². The molecule has 2 heterocycles. The maximum absolute atomic E-state index is 12.8. The molecule has 37 heavy (non-hydrogen) atoms. The number of furan rings is 1. The van der Waals surface area contributed by atoms with Crippen molar-refractivity contribution in [3.8, 4) is 23.0 Å². The van der Waals surface area contributed by atoms with Crippen molar-refractivity contribution in [3.63, 3.8) is 0 Å². The number of rotatable bonds is 6.